The van der Waals surface area contributed by atoms with E-state index >= 15 is 0 Å². The van der Waals surface area contributed by atoms with Crippen LogP contribution in [0.3, 0.4) is 0 Å². The van der Waals surface area contributed by atoms with Crippen molar-refractivity contribution in [3.05, 3.63) is 51.0 Å². The van der Waals surface area contributed by atoms with Crippen molar-refractivity contribution in [1.82, 2.24) is 4.98 Å². The lowest BCUT2D eigenvalue weighted by Crippen LogP contribution is -1.89. The van der Waals surface area contributed by atoms with E-state index in [0.717, 1.165) is 16.9 Å². The summed E-state index contributed by atoms with van der Waals surface area (Å²) in [4.78, 5) is 13.6. The second kappa shape index (κ2) is 4.47. The Hall–Kier alpha value is -2.01. The van der Waals surface area contributed by atoms with E-state index in [0.29, 0.717) is 16.2 Å². The maximum absolute atomic E-state index is 11.1. The molecule has 1 aromatic heterocycles. The van der Waals surface area contributed by atoms with Crippen LogP contribution in [0.15, 0.2) is 35.6 Å². The van der Waals surface area contributed by atoms with Gasteiger partial charge in [-0.2, -0.15) is 0 Å². The summed E-state index contributed by atoms with van der Waals surface area (Å²) in [6, 6.07) is 7.28. The van der Waals surface area contributed by atoms with Gasteiger partial charge in [0.1, 0.15) is 5.75 Å². The van der Waals surface area contributed by atoms with Crippen LogP contribution in [-0.4, -0.2) is 17.2 Å². The molecule has 1 heterocycles. The van der Waals surface area contributed by atoms with E-state index in [1.54, 1.807) is 13.2 Å². The van der Waals surface area contributed by atoms with Crippen LogP contribution in [0.5, 0.6) is 11.6 Å². The molecule has 2 aromatic rings. The number of methoxy groups -OCH3 is 1. The Bertz CT molecular complexity index is 612. The van der Waals surface area contributed by atoms with Gasteiger partial charge in [-0.3, -0.25) is 9.78 Å². The molecule has 88 valence electrons. The summed E-state index contributed by atoms with van der Waals surface area (Å²) in [5, 5.41) is 9.55. The standard InChI is InChI=1S/C12H11NO3S/c1-7(10-11(14)13-12(15)17-10)8-4-3-5-9(6-8)16-2/h3-6,14H,1H2,2H3,(H,13,15). The highest BCUT2D eigenvalue weighted by molar-refractivity contribution is 7.10. The molecule has 0 aliphatic heterocycles. The van der Waals surface area contributed by atoms with Crippen molar-refractivity contribution in [2.24, 2.45) is 0 Å². The Morgan fingerprint density at radius 1 is 1.53 bits per heavy atom. The Balaban J connectivity index is 2.43. The molecule has 0 aliphatic rings. The Morgan fingerprint density at radius 3 is 2.88 bits per heavy atom. The first-order valence-corrected chi connectivity index (χ1v) is 5.69. The van der Waals surface area contributed by atoms with Crippen molar-refractivity contribution in [2.45, 2.75) is 0 Å². The van der Waals surface area contributed by atoms with E-state index in [2.05, 4.69) is 11.6 Å². The summed E-state index contributed by atoms with van der Waals surface area (Å²) in [6.07, 6.45) is 0. The number of thiazole rings is 1. The van der Waals surface area contributed by atoms with Gasteiger partial charge in [0.05, 0.1) is 12.0 Å². The third kappa shape index (κ3) is 2.24. The molecular formula is C12H11NO3S. The zero-order valence-corrected chi connectivity index (χ0v) is 10.0. The van der Waals surface area contributed by atoms with Gasteiger partial charge in [0.25, 0.3) is 0 Å². The molecule has 0 spiro atoms. The lowest BCUT2D eigenvalue weighted by molar-refractivity contribution is 0.414. The van der Waals surface area contributed by atoms with Crippen LogP contribution < -0.4 is 9.61 Å². The van der Waals surface area contributed by atoms with Gasteiger partial charge in [0.15, 0.2) is 0 Å². The van der Waals surface area contributed by atoms with Crippen LogP contribution >= 0.6 is 11.3 Å². The van der Waals surface area contributed by atoms with Gasteiger partial charge in [-0.25, -0.2) is 0 Å². The highest BCUT2D eigenvalue weighted by Crippen LogP contribution is 2.30. The van der Waals surface area contributed by atoms with Gasteiger partial charge in [-0.15, -0.1) is 0 Å². The van der Waals surface area contributed by atoms with Crippen molar-refractivity contribution in [3.8, 4) is 11.6 Å². The smallest absolute Gasteiger partial charge is 0.307 e. The van der Waals surface area contributed by atoms with Gasteiger partial charge < -0.3 is 9.84 Å². The van der Waals surface area contributed by atoms with Crippen molar-refractivity contribution in [1.29, 1.82) is 0 Å². The quantitative estimate of drug-likeness (QED) is 0.876. The van der Waals surface area contributed by atoms with Crippen LogP contribution in [0.1, 0.15) is 10.4 Å². The fraction of sp³-hybridized carbons (Fsp3) is 0.0833. The lowest BCUT2D eigenvalue weighted by atomic mass is 10.1. The van der Waals surface area contributed by atoms with Crippen LogP contribution in [0, 0.1) is 0 Å². The summed E-state index contributed by atoms with van der Waals surface area (Å²) < 4.78 is 5.11. The Labute approximate surface area is 102 Å². The predicted molar refractivity (Wildman–Crippen MR) is 67.7 cm³/mol. The minimum absolute atomic E-state index is 0.146. The molecule has 0 aliphatic carbocycles. The SMILES string of the molecule is C=C(c1cccc(OC)c1)c1sc(=O)[nH]c1O. The van der Waals surface area contributed by atoms with Gasteiger partial charge in [0.2, 0.25) is 5.88 Å². The van der Waals surface area contributed by atoms with Crippen molar-refractivity contribution in [3.63, 3.8) is 0 Å². The summed E-state index contributed by atoms with van der Waals surface area (Å²) in [6.45, 7) is 3.88. The second-order valence-corrected chi connectivity index (χ2v) is 4.39. The Morgan fingerprint density at radius 2 is 2.29 bits per heavy atom. The predicted octanol–water partition coefficient (Wildman–Crippen LogP) is 2.21. The fourth-order valence-corrected chi connectivity index (χ4v) is 2.19. The number of benzene rings is 1. The normalized spacial score (nSPS) is 10.2. The molecule has 4 nitrogen and oxygen atoms in total. The molecule has 0 fully saturated rings. The number of aromatic nitrogens is 1. The molecule has 2 rings (SSSR count). The molecule has 0 unspecified atom stereocenters. The minimum Gasteiger partial charge on any atom is -0.497 e. The largest absolute Gasteiger partial charge is 0.497 e. The zero-order chi connectivity index (χ0) is 12.4. The van der Waals surface area contributed by atoms with Crippen molar-refractivity contribution < 1.29 is 9.84 Å². The molecule has 17 heavy (non-hydrogen) atoms. The first kappa shape index (κ1) is 11.5. The number of hydrogen-bond acceptors (Lipinski definition) is 4. The van der Waals surface area contributed by atoms with E-state index in [4.69, 9.17) is 4.74 Å². The molecule has 0 bridgehead atoms. The van der Waals surface area contributed by atoms with Gasteiger partial charge in [-0.1, -0.05) is 30.0 Å². The molecule has 2 N–H and O–H groups in total. The first-order chi connectivity index (χ1) is 8.11. The van der Waals surface area contributed by atoms with Crippen LogP contribution in [0.25, 0.3) is 5.57 Å². The van der Waals surface area contributed by atoms with E-state index in [9.17, 15) is 9.90 Å². The molecule has 0 atom stereocenters. The number of aromatic amines is 1. The summed E-state index contributed by atoms with van der Waals surface area (Å²) in [5.41, 5.74) is 1.39. The maximum atomic E-state index is 11.1. The molecule has 0 radical (unpaired) electrons. The third-order valence-corrected chi connectivity index (χ3v) is 3.25. The second-order valence-electron chi connectivity index (χ2n) is 3.40. The van der Waals surface area contributed by atoms with Gasteiger partial charge >= 0.3 is 4.87 Å². The van der Waals surface area contributed by atoms with Crippen molar-refractivity contribution in [2.75, 3.05) is 7.11 Å². The Kier molecular flexibility index (Phi) is 3.01. The fourth-order valence-electron chi connectivity index (χ4n) is 1.47. The summed E-state index contributed by atoms with van der Waals surface area (Å²) in [7, 11) is 1.58. The van der Waals surface area contributed by atoms with Crippen LogP contribution in [-0.2, 0) is 0 Å². The molecule has 0 amide bonds. The highest BCUT2D eigenvalue weighted by atomic mass is 32.1. The number of hydrogen-bond donors (Lipinski definition) is 2. The van der Waals surface area contributed by atoms with E-state index in [1.165, 1.54) is 0 Å². The van der Waals surface area contributed by atoms with Gasteiger partial charge in [0, 0.05) is 0 Å². The third-order valence-electron chi connectivity index (χ3n) is 2.32. The molecule has 1 aromatic carbocycles. The number of aromatic hydroxyl groups is 1. The number of H-pyrrole nitrogens is 1. The van der Waals surface area contributed by atoms with Crippen LogP contribution in [0.2, 0.25) is 0 Å². The molecule has 0 saturated heterocycles. The van der Waals surface area contributed by atoms with E-state index in [1.807, 2.05) is 18.2 Å². The average molecular weight is 249 g/mol. The minimum atomic E-state index is -0.304. The lowest BCUT2D eigenvalue weighted by Gasteiger charge is -2.05. The van der Waals surface area contributed by atoms with E-state index in [-0.39, 0.29) is 10.8 Å². The summed E-state index contributed by atoms with van der Waals surface area (Å²) in [5.74, 6) is 0.554. The monoisotopic (exact) mass is 249 g/mol. The number of nitrogens with one attached hydrogen (secondary N) is 1. The van der Waals surface area contributed by atoms with Crippen molar-refractivity contribution >= 4 is 16.9 Å². The molecule has 0 saturated carbocycles. The highest BCUT2D eigenvalue weighted by Gasteiger charge is 2.12. The average Bonchev–Trinajstić information content (AvgIpc) is 2.67. The topological polar surface area (TPSA) is 62.3 Å². The number of rotatable bonds is 3. The van der Waals surface area contributed by atoms with Gasteiger partial charge in [-0.05, 0) is 23.3 Å². The maximum Gasteiger partial charge on any atom is 0.307 e. The molecule has 5 heteroatoms. The first-order valence-electron chi connectivity index (χ1n) is 4.87. The summed E-state index contributed by atoms with van der Waals surface area (Å²) >= 11 is 0.929. The molecular weight excluding hydrogens is 238 g/mol. The van der Waals surface area contributed by atoms with E-state index < -0.39 is 0 Å². The zero-order valence-electron chi connectivity index (χ0n) is 9.19. The number of ether oxygens (including phenoxy) is 1. The van der Waals surface area contributed by atoms with Crippen LogP contribution in [0.4, 0.5) is 0 Å².